The Kier molecular flexibility index (Phi) is 4.02. The molecule has 0 amide bonds. The summed E-state index contributed by atoms with van der Waals surface area (Å²) in [6, 6.07) is 3.27. The van der Waals surface area contributed by atoms with Crippen molar-refractivity contribution in [3.63, 3.8) is 0 Å². The quantitative estimate of drug-likeness (QED) is 0.799. The van der Waals surface area contributed by atoms with Gasteiger partial charge in [0.2, 0.25) is 10.0 Å². The summed E-state index contributed by atoms with van der Waals surface area (Å²) in [6.07, 6.45) is 0. The van der Waals surface area contributed by atoms with Crippen LogP contribution in [0.25, 0.3) is 0 Å². The molecule has 6 heteroatoms. The van der Waals surface area contributed by atoms with Gasteiger partial charge in [-0.25, -0.2) is 13.1 Å². The molecular weight excluding hydrogens is 206 g/mol. The number of halogens is 1. The van der Waals surface area contributed by atoms with Crippen LogP contribution in [0.3, 0.4) is 0 Å². The fraction of sp³-hybridized carbons (Fsp3) is 0.200. The minimum Gasteiger partial charge on any atom is -0.214 e. The van der Waals surface area contributed by atoms with E-state index in [2.05, 4.69) is 4.72 Å². The number of rotatable bonds is 2. The van der Waals surface area contributed by atoms with E-state index in [0.29, 0.717) is 4.21 Å². The van der Waals surface area contributed by atoms with Crippen molar-refractivity contribution >= 4 is 33.8 Å². The van der Waals surface area contributed by atoms with Crippen molar-refractivity contribution in [3.8, 4) is 0 Å². The maximum Gasteiger partial charge on any atom is 0.249 e. The Morgan fingerprint density at radius 3 is 2.55 bits per heavy atom. The van der Waals surface area contributed by atoms with Crippen LogP contribution in [0.5, 0.6) is 0 Å². The van der Waals surface area contributed by atoms with Gasteiger partial charge in [0.15, 0.2) is 0 Å². The molecule has 0 atom stereocenters. The number of nitrogens with one attached hydrogen (secondary N) is 1. The van der Waals surface area contributed by atoms with Crippen molar-refractivity contribution < 1.29 is 8.42 Å². The molecule has 0 aromatic carbocycles. The molecule has 1 rings (SSSR count). The van der Waals surface area contributed by atoms with Gasteiger partial charge in [0, 0.05) is 0 Å². The highest BCUT2D eigenvalue weighted by Gasteiger charge is 2.10. The summed E-state index contributed by atoms with van der Waals surface area (Å²) in [4.78, 5) is 0. The van der Waals surface area contributed by atoms with Crippen LogP contribution in [-0.4, -0.2) is 15.5 Å². The van der Waals surface area contributed by atoms with Gasteiger partial charge in [-0.2, -0.15) is 0 Å². The molecule has 1 N–H and O–H groups in total. The van der Waals surface area contributed by atoms with Crippen molar-refractivity contribution in [2.45, 2.75) is 4.21 Å². The minimum absolute atomic E-state index is 0. The number of thiophene rings is 1. The molecule has 1 aromatic rings. The molecule has 0 aliphatic rings. The van der Waals surface area contributed by atoms with Gasteiger partial charge in [-0.1, -0.05) is 6.07 Å². The standard InChI is InChI=1S/C5H7NO2S2.ClH/c1-6-10(7,8)5-3-2-4-9-5;/h2-4,6H,1H3;1H. The zero-order valence-electron chi connectivity index (χ0n) is 5.77. The summed E-state index contributed by atoms with van der Waals surface area (Å²) in [5.74, 6) is 0. The first kappa shape index (κ1) is 10.9. The molecular formula is C5H8ClNO2S2. The van der Waals surface area contributed by atoms with Crippen LogP contribution in [0.15, 0.2) is 21.7 Å². The third-order valence-corrected chi connectivity index (χ3v) is 3.84. The Morgan fingerprint density at radius 2 is 2.18 bits per heavy atom. The molecule has 0 bridgehead atoms. The molecule has 0 aliphatic heterocycles. The van der Waals surface area contributed by atoms with Crippen molar-refractivity contribution in [2.75, 3.05) is 7.05 Å². The average molecular weight is 214 g/mol. The molecule has 0 unspecified atom stereocenters. The Bertz CT molecular complexity index is 292. The molecule has 0 fully saturated rings. The van der Waals surface area contributed by atoms with Gasteiger partial charge in [0.1, 0.15) is 4.21 Å². The van der Waals surface area contributed by atoms with E-state index in [-0.39, 0.29) is 12.4 Å². The van der Waals surface area contributed by atoms with E-state index in [1.807, 2.05) is 0 Å². The second-order valence-electron chi connectivity index (χ2n) is 1.64. The van der Waals surface area contributed by atoms with Gasteiger partial charge in [-0.15, -0.1) is 23.7 Å². The molecule has 1 heterocycles. The third-order valence-electron chi connectivity index (χ3n) is 1.03. The van der Waals surface area contributed by atoms with Crippen LogP contribution in [0.2, 0.25) is 0 Å². The molecule has 11 heavy (non-hydrogen) atoms. The highest BCUT2D eigenvalue weighted by Crippen LogP contribution is 2.14. The van der Waals surface area contributed by atoms with Crippen LogP contribution < -0.4 is 4.72 Å². The van der Waals surface area contributed by atoms with Crippen LogP contribution >= 0.6 is 23.7 Å². The van der Waals surface area contributed by atoms with E-state index in [9.17, 15) is 8.42 Å². The SMILES string of the molecule is CNS(=O)(=O)c1cccs1.Cl. The lowest BCUT2D eigenvalue weighted by Gasteiger charge is -1.94. The van der Waals surface area contributed by atoms with E-state index in [1.165, 1.54) is 18.4 Å². The van der Waals surface area contributed by atoms with Crippen molar-refractivity contribution in [3.05, 3.63) is 17.5 Å². The maximum absolute atomic E-state index is 11.0. The average Bonchev–Trinajstić information content (AvgIpc) is 2.38. The van der Waals surface area contributed by atoms with Crippen LogP contribution in [0, 0.1) is 0 Å². The highest BCUT2D eigenvalue weighted by atomic mass is 35.5. The van der Waals surface area contributed by atoms with Gasteiger partial charge < -0.3 is 0 Å². The van der Waals surface area contributed by atoms with Crippen LogP contribution in [-0.2, 0) is 10.0 Å². The van der Waals surface area contributed by atoms with E-state index in [0.717, 1.165) is 0 Å². The van der Waals surface area contributed by atoms with E-state index in [1.54, 1.807) is 17.5 Å². The lowest BCUT2D eigenvalue weighted by Crippen LogP contribution is -2.16. The summed E-state index contributed by atoms with van der Waals surface area (Å²) >= 11 is 1.20. The largest absolute Gasteiger partial charge is 0.249 e. The second-order valence-corrected chi connectivity index (χ2v) is 4.70. The van der Waals surface area contributed by atoms with E-state index >= 15 is 0 Å². The van der Waals surface area contributed by atoms with Gasteiger partial charge in [0.25, 0.3) is 0 Å². The van der Waals surface area contributed by atoms with Crippen molar-refractivity contribution in [2.24, 2.45) is 0 Å². The first-order valence-electron chi connectivity index (χ1n) is 2.64. The van der Waals surface area contributed by atoms with Gasteiger partial charge in [0.05, 0.1) is 0 Å². The topological polar surface area (TPSA) is 46.2 Å². The zero-order valence-corrected chi connectivity index (χ0v) is 8.22. The van der Waals surface area contributed by atoms with E-state index < -0.39 is 10.0 Å². The Hall–Kier alpha value is -0.100. The predicted molar refractivity (Wildman–Crippen MR) is 47.8 cm³/mol. The fourth-order valence-corrected chi connectivity index (χ4v) is 2.35. The zero-order chi connectivity index (χ0) is 7.61. The second kappa shape index (κ2) is 4.06. The molecule has 0 spiro atoms. The number of hydrogen-bond acceptors (Lipinski definition) is 3. The molecule has 0 radical (unpaired) electrons. The summed E-state index contributed by atoms with van der Waals surface area (Å²) in [7, 11) is -1.79. The van der Waals surface area contributed by atoms with Crippen molar-refractivity contribution in [1.82, 2.24) is 4.72 Å². The Labute approximate surface area is 75.9 Å². The molecule has 0 aliphatic carbocycles. The maximum atomic E-state index is 11.0. The molecule has 0 saturated heterocycles. The van der Waals surface area contributed by atoms with Gasteiger partial charge in [-0.05, 0) is 18.5 Å². The smallest absolute Gasteiger partial charge is 0.214 e. The van der Waals surface area contributed by atoms with Crippen LogP contribution in [0.1, 0.15) is 0 Å². The minimum atomic E-state index is -3.19. The van der Waals surface area contributed by atoms with E-state index in [4.69, 9.17) is 0 Å². The lowest BCUT2D eigenvalue weighted by atomic mass is 10.7. The van der Waals surface area contributed by atoms with Gasteiger partial charge in [-0.3, -0.25) is 0 Å². The first-order chi connectivity index (χ1) is 4.67. The predicted octanol–water partition coefficient (Wildman–Crippen LogP) is 1.08. The third kappa shape index (κ3) is 2.44. The van der Waals surface area contributed by atoms with Gasteiger partial charge >= 0.3 is 0 Å². The molecule has 0 saturated carbocycles. The number of hydrogen-bond donors (Lipinski definition) is 1. The number of sulfonamides is 1. The summed E-state index contributed by atoms with van der Waals surface area (Å²) in [5.41, 5.74) is 0. The first-order valence-corrected chi connectivity index (χ1v) is 5.00. The summed E-state index contributed by atoms with van der Waals surface area (Å²) < 4.78 is 24.5. The molecule has 3 nitrogen and oxygen atoms in total. The molecule has 1 aromatic heterocycles. The van der Waals surface area contributed by atoms with Crippen LogP contribution in [0.4, 0.5) is 0 Å². The Balaban J connectivity index is 0.000001000. The summed E-state index contributed by atoms with van der Waals surface area (Å²) in [6.45, 7) is 0. The monoisotopic (exact) mass is 213 g/mol. The lowest BCUT2D eigenvalue weighted by molar-refractivity contribution is 0.590. The molecule has 64 valence electrons. The highest BCUT2D eigenvalue weighted by molar-refractivity contribution is 7.91. The summed E-state index contributed by atoms with van der Waals surface area (Å²) in [5, 5.41) is 1.73. The normalized spacial score (nSPS) is 10.6. The Morgan fingerprint density at radius 1 is 1.55 bits per heavy atom. The fourth-order valence-electron chi connectivity index (χ4n) is 0.517. The van der Waals surface area contributed by atoms with Crippen molar-refractivity contribution in [1.29, 1.82) is 0 Å².